The molecule has 1 aliphatic rings. The van der Waals surface area contributed by atoms with Crippen molar-refractivity contribution in [2.24, 2.45) is 11.7 Å². The van der Waals surface area contributed by atoms with Gasteiger partial charge in [0.2, 0.25) is 0 Å². The number of nitrogens with two attached hydrogens (primary N) is 1. The van der Waals surface area contributed by atoms with E-state index in [-0.39, 0.29) is 0 Å². The van der Waals surface area contributed by atoms with Crippen molar-refractivity contribution in [1.82, 2.24) is 20.1 Å². The van der Waals surface area contributed by atoms with Crippen molar-refractivity contribution in [3.63, 3.8) is 0 Å². The van der Waals surface area contributed by atoms with E-state index < -0.39 is 0 Å². The van der Waals surface area contributed by atoms with Crippen molar-refractivity contribution in [2.75, 3.05) is 19.9 Å². The number of nitrogens with one attached hydrogen (secondary N) is 1. The highest BCUT2D eigenvalue weighted by Gasteiger charge is 2.21. The van der Waals surface area contributed by atoms with Gasteiger partial charge in [-0.05, 0) is 44.4 Å². The van der Waals surface area contributed by atoms with Gasteiger partial charge >= 0.3 is 0 Å². The van der Waals surface area contributed by atoms with E-state index in [2.05, 4.69) is 26.1 Å². The Bertz CT molecular complexity index is 690. The topological polar surface area (TPSA) is 78.0 Å². The van der Waals surface area contributed by atoms with Gasteiger partial charge in [0.1, 0.15) is 5.75 Å². The van der Waals surface area contributed by atoms with Gasteiger partial charge in [-0.3, -0.25) is 4.57 Å². The molecule has 0 aliphatic heterocycles. The highest BCUT2D eigenvalue weighted by Crippen LogP contribution is 2.31. The largest absolute Gasteiger partial charge is 0.497 e. The van der Waals surface area contributed by atoms with Crippen LogP contribution >= 0.6 is 11.8 Å². The van der Waals surface area contributed by atoms with Crippen LogP contribution < -0.4 is 15.8 Å². The van der Waals surface area contributed by atoms with Crippen LogP contribution in [0.4, 0.5) is 0 Å². The SMILES string of the molecule is CNCc1nnc(SC[C@@H]2CCC[C@H](N)C2)n1-c1cccc(OC)c1. The summed E-state index contributed by atoms with van der Waals surface area (Å²) in [6, 6.07) is 8.37. The van der Waals surface area contributed by atoms with E-state index in [1.54, 1.807) is 18.9 Å². The van der Waals surface area contributed by atoms with Gasteiger partial charge in [0.05, 0.1) is 19.3 Å². The van der Waals surface area contributed by atoms with Crippen LogP contribution in [0, 0.1) is 5.92 Å². The first-order valence-corrected chi connectivity index (χ1v) is 9.81. The lowest BCUT2D eigenvalue weighted by molar-refractivity contribution is 0.349. The van der Waals surface area contributed by atoms with Gasteiger partial charge in [-0.25, -0.2) is 0 Å². The maximum Gasteiger partial charge on any atom is 0.195 e. The van der Waals surface area contributed by atoms with Crippen LogP contribution in [0.1, 0.15) is 31.5 Å². The van der Waals surface area contributed by atoms with Crippen LogP contribution in [0.25, 0.3) is 5.69 Å². The number of aromatic nitrogens is 3. The summed E-state index contributed by atoms with van der Waals surface area (Å²) in [5.74, 6) is 3.43. The number of thioether (sulfide) groups is 1. The molecule has 1 heterocycles. The fraction of sp³-hybridized carbons (Fsp3) is 0.556. The molecular weight excluding hydrogens is 334 g/mol. The molecule has 3 rings (SSSR count). The van der Waals surface area contributed by atoms with Gasteiger partial charge in [0, 0.05) is 17.9 Å². The summed E-state index contributed by atoms with van der Waals surface area (Å²) < 4.78 is 7.49. The third-order valence-electron chi connectivity index (χ3n) is 4.62. The van der Waals surface area contributed by atoms with Crippen LogP contribution in [0.5, 0.6) is 5.75 Å². The molecule has 3 N–H and O–H groups in total. The van der Waals surface area contributed by atoms with Crippen molar-refractivity contribution in [1.29, 1.82) is 0 Å². The normalized spacial score (nSPS) is 20.6. The van der Waals surface area contributed by atoms with Gasteiger partial charge < -0.3 is 15.8 Å². The van der Waals surface area contributed by atoms with E-state index >= 15 is 0 Å². The Morgan fingerprint density at radius 2 is 2.24 bits per heavy atom. The van der Waals surface area contributed by atoms with E-state index in [4.69, 9.17) is 10.5 Å². The van der Waals surface area contributed by atoms with Crippen LogP contribution in [0.15, 0.2) is 29.4 Å². The van der Waals surface area contributed by atoms with E-state index in [0.717, 1.165) is 41.0 Å². The Kier molecular flexibility index (Phi) is 6.34. The summed E-state index contributed by atoms with van der Waals surface area (Å²) in [6.45, 7) is 0.666. The summed E-state index contributed by atoms with van der Waals surface area (Å²) >= 11 is 1.78. The predicted molar refractivity (Wildman–Crippen MR) is 101 cm³/mol. The molecule has 0 radical (unpaired) electrons. The smallest absolute Gasteiger partial charge is 0.195 e. The molecule has 1 saturated carbocycles. The van der Waals surface area contributed by atoms with Crippen LogP contribution in [-0.4, -0.2) is 40.7 Å². The van der Waals surface area contributed by atoms with E-state index in [0.29, 0.717) is 18.5 Å². The third-order valence-corrected chi connectivity index (χ3v) is 5.78. The molecular formula is C18H27N5OS. The quantitative estimate of drug-likeness (QED) is 0.738. The molecule has 0 saturated heterocycles. The highest BCUT2D eigenvalue weighted by atomic mass is 32.2. The maximum absolute atomic E-state index is 6.13. The van der Waals surface area contributed by atoms with E-state index in [9.17, 15) is 0 Å². The van der Waals surface area contributed by atoms with Gasteiger partial charge in [-0.15, -0.1) is 10.2 Å². The number of nitrogens with zero attached hydrogens (tertiary/aromatic N) is 3. The lowest BCUT2D eigenvalue weighted by Crippen LogP contribution is -2.28. The summed E-state index contributed by atoms with van der Waals surface area (Å²) in [5, 5.41) is 12.9. The number of methoxy groups -OCH3 is 1. The minimum atomic E-state index is 0.357. The standard InChI is InChI=1S/C18H27N5OS/c1-20-11-17-21-22-18(25-12-13-5-3-6-14(19)9-13)23(17)15-7-4-8-16(10-15)24-2/h4,7-8,10,13-14,20H,3,5-6,9,11-12,19H2,1-2H3/t13-,14+/m1/s1. The third kappa shape index (κ3) is 4.54. The molecule has 1 aromatic carbocycles. The zero-order chi connectivity index (χ0) is 17.6. The first kappa shape index (κ1) is 18.2. The van der Waals surface area contributed by atoms with Crippen LogP contribution in [0.3, 0.4) is 0 Å². The summed E-state index contributed by atoms with van der Waals surface area (Å²) in [7, 11) is 3.60. The Hall–Kier alpha value is -1.57. The van der Waals surface area contributed by atoms with Crippen molar-refractivity contribution < 1.29 is 4.74 Å². The van der Waals surface area contributed by atoms with Gasteiger partial charge in [0.25, 0.3) is 0 Å². The summed E-state index contributed by atoms with van der Waals surface area (Å²) in [4.78, 5) is 0. The van der Waals surface area contributed by atoms with Crippen LogP contribution in [-0.2, 0) is 6.54 Å². The molecule has 25 heavy (non-hydrogen) atoms. The summed E-state index contributed by atoms with van der Waals surface area (Å²) in [5.41, 5.74) is 7.15. The molecule has 0 amide bonds. The molecule has 1 fully saturated rings. The minimum absolute atomic E-state index is 0.357. The molecule has 0 unspecified atom stereocenters. The van der Waals surface area contributed by atoms with Crippen molar-refractivity contribution in [3.05, 3.63) is 30.1 Å². The number of rotatable bonds is 7. The Morgan fingerprint density at radius 1 is 1.36 bits per heavy atom. The minimum Gasteiger partial charge on any atom is -0.497 e. The molecule has 7 heteroatoms. The number of benzene rings is 1. The lowest BCUT2D eigenvalue weighted by atomic mass is 9.87. The molecule has 0 bridgehead atoms. The average Bonchev–Trinajstić information content (AvgIpc) is 3.03. The fourth-order valence-corrected chi connectivity index (χ4v) is 4.48. The average molecular weight is 362 g/mol. The Balaban J connectivity index is 1.81. The second-order valence-electron chi connectivity index (χ2n) is 6.57. The second-order valence-corrected chi connectivity index (χ2v) is 7.56. The number of hydrogen-bond acceptors (Lipinski definition) is 6. The first-order valence-electron chi connectivity index (χ1n) is 8.83. The van der Waals surface area contributed by atoms with Crippen molar-refractivity contribution >= 4 is 11.8 Å². The number of hydrogen-bond donors (Lipinski definition) is 2. The predicted octanol–water partition coefficient (Wildman–Crippen LogP) is 2.60. The Morgan fingerprint density at radius 3 is 3.00 bits per heavy atom. The fourth-order valence-electron chi connectivity index (χ4n) is 3.35. The molecule has 136 valence electrons. The molecule has 1 aliphatic carbocycles. The first-order chi connectivity index (χ1) is 12.2. The highest BCUT2D eigenvalue weighted by molar-refractivity contribution is 7.99. The Labute approximate surface area is 153 Å². The zero-order valence-electron chi connectivity index (χ0n) is 14.9. The maximum atomic E-state index is 6.13. The van der Waals surface area contributed by atoms with Gasteiger partial charge in [0.15, 0.2) is 11.0 Å². The van der Waals surface area contributed by atoms with E-state index in [1.165, 1.54) is 12.8 Å². The summed E-state index contributed by atoms with van der Waals surface area (Å²) in [6.07, 6.45) is 4.77. The molecule has 0 spiro atoms. The van der Waals surface area contributed by atoms with Crippen molar-refractivity contribution in [3.8, 4) is 11.4 Å². The van der Waals surface area contributed by atoms with Gasteiger partial charge in [-0.1, -0.05) is 24.2 Å². The van der Waals surface area contributed by atoms with Crippen molar-refractivity contribution in [2.45, 2.75) is 43.4 Å². The van der Waals surface area contributed by atoms with Crippen LogP contribution in [0.2, 0.25) is 0 Å². The second kappa shape index (κ2) is 8.69. The monoisotopic (exact) mass is 361 g/mol. The number of ether oxygens (including phenoxy) is 1. The van der Waals surface area contributed by atoms with E-state index in [1.807, 2.05) is 25.2 Å². The molecule has 2 aromatic rings. The molecule has 1 aromatic heterocycles. The zero-order valence-corrected chi connectivity index (χ0v) is 15.8. The molecule has 2 atom stereocenters. The molecule has 6 nitrogen and oxygen atoms in total. The van der Waals surface area contributed by atoms with Gasteiger partial charge in [-0.2, -0.15) is 0 Å². The lowest BCUT2D eigenvalue weighted by Gasteiger charge is -2.26.